The number of carbonyl (C=O) groups excluding carboxylic acids is 1. The van der Waals surface area contributed by atoms with Crippen LogP contribution in [-0.4, -0.2) is 24.0 Å². The maximum atomic E-state index is 12.5. The molecule has 4 rings (SSSR count). The molecule has 1 aromatic heterocycles. The van der Waals surface area contributed by atoms with Crippen LogP contribution in [0.3, 0.4) is 0 Å². The molecule has 0 saturated heterocycles. The summed E-state index contributed by atoms with van der Waals surface area (Å²) in [7, 11) is 1.59. The SMILES string of the molecule is COc1cc(C)ccc1OCc1nc(C(=O)NC2Cc3ccccc3C2)co1. The molecule has 1 amide bonds. The summed E-state index contributed by atoms with van der Waals surface area (Å²) in [5.74, 6) is 1.34. The molecule has 6 heteroatoms. The lowest BCUT2D eigenvalue weighted by Gasteiger charge is -2.10. The lowest BCUT2D eigenvalue weighted by Crippen LogP contribution is -2.35. The van der Waals surface area contributed by atoms with E-state index in [0.717, 1.165) is 18.4 Å². The number of nitrogens with zero attached hydrogens (tertiary/aromatic N) is 1. The topological polar surface area (TPSA) is 73.6 Å². The van der Waals surface area contributed by atoms with E-state index in [1.54, 1.807) is 7.11 Å². The van der Waals surface area contributed by atoms with Gasteiger partial charge in [-0.05, 0) is 48.6 Å². The first-order valence-electron chi connectivity index (χ1n) is 9.22. The predicted molar refractivity (Wildman–Crippen MR) is 104 cm³/mol. The van der Waals surface area contributed by atoms with Crippen LogP contribution < -0.4 is 14.8 Å². The molecule has 144 valence electrons. The van der Waals surface area contributed by atoms with Gasteiger partial charge in [0, 0.05) is 6.04 Å². The van der Waals surface area contributed by atoms with Crippen LogP contribution in [0.25, 0.3) is 0 Å². The maximum Gasteiger partial charge on any atom is 0.273 e. The molecule has 2 aromatic carbocycles. The van der Waals surface area contributed by atoms with Crippen molar-refractivity contribution < 1.29 is 18.7 Å². The van der Waals surface area contributed by atoms with Crippen molar-refractivity contribution in [3.63, 3.8) is 0 Å². The van der Waals surface area contributed by atoms with Gasteiger partial charge in [-0.3, -0.25) is 4.79 Å². The molecule has 6 nitrogen and oxygen atoms in total. The van der Waals surface area contributed by atoms with Crippen molar-refractivity contribution in [2.75, 3.05) is 7.11 Å². The van der Waals surface area contributed by atoms with E-state index in [0.29, 0.717) is 17.4 Å². The fourth-order valence-corrected chi connectivity index (χ4v) is 3.44. The molecule has 1 aliphatic rings. The quantitative estimate of drug-likeness (QED) is 0.711. The molecule has 1 aliphatic carbocycles. The molecule has 1 N–H and O–H groups in total. The van der Waals surface area contributed by atoms with Crippen LogP contribution in [0.5, 0.6) is 11.5 Å². The van der Waals surface area contributed by atoms with E-state index in [9.17, 15) is 4.79 Å². The molecule has 0 fully saturated rings. The predicted octanol–water partition coefficient (Wildman–Crippen LogP) is 3.47. The van der Waals surface area contributed by atoms with E-state index in [1.165, 1.54) is 17.4 Å². The van der Waals surface area contributed by atoms with Gasteiger partial charge in [0.25, 0.3) is 5.91 Å². The zero-order chi connectivity index (χ0) is 19.5. The number of nitrogens with one attached hydrogen (secondary N) is 1. The lowest BCUT2D eigenvalue weighted by atomic mass is 10.1. The third-order valence-electron chi connectivity index (χ3n) is 4.84. The molecule has 0 radical (unpaired) electrons. The maximum absolute atomic E-state index is 12.5. The number of aryl methyl sites for hydroxylation is 1. The summed E-state index contributed by atoms with van der Waals surface area (Å²) in [5.41, 5.74) is 3.90. The largest absolute Gasteiger partial charge is 0.493 e. The molecule has 0 aliphatic heterocycles. The Labute approximate surface area is 163 Å². The Balaban J connectivity index is 1.35. The van der Waals surface area contributed by atoms with Gasteiger partial charge in [-0.1, -0.05) is 30.3 Å². The van der Waals surface area contributed by atoms with Crippen LogP contribution in [0.1, 0.15) is 33.1 Å². The Morgan fingerprint density at radius 3 is 2.64 bits per heavy atom. The summed E-state index contributed by atoms with van der Waals surface area (Å²) in [6.45, 7) is 2.09. The zero-order valence-electron chi connectivity index (χ0n) is 15.9. The molecule has 3 aromatic rings. The minimum absolute atomic E-state index is 0.0816. The van der Waals surface area contributed by atoms with E-state index in [-0.39, 0.29) is 24.2 Å². The summed E-state index contributed by atoms with van der Waals surface area (Å²) in [6.07, 6.45) is 3.04. The van der Waals surface area contributed by atoms with Crippen LogP contribution in [0.15, 0.2) is 53.1 Å². The number of carbonyl (C=O) groups is 1. The van der Waals surface area contributed by atoms with Gasteiger partial charge < -0.3 is 19.2 Å². The number of rotatable bonds is 6. The number of aromatic nitrogens is 1. The van der Waals surface area contributed by atoms with Crippen molar-refractivity contribution in [1.29, 1.82) is 0 Å². The van der Waals surface area contributed by atoms with Crippen molar-refractivity contribution in [2.24, 2.45) is 0 Å². The van der Waals surface area contributed by atoms with Gasteiger partial charge in [-0.2, -0.15) is 0 Å². The summed E-state index contributed by atoms with van der Waals surface area (Å²) < 4.78 is 16.4. The van der Waals surface area contributed by atoms with Crippen LogP contribution in [-0.2, 0) is 19.4 Å². The van der Waals surface area contributed by atoms with Crippen LogP contribution in [0, 0.1) is 6.92 Å². The number of amides is 1. The van der Waals surface area contributed by atoms with Gasteiger partial charge >= 0.3 is 0 Å². The highest BCUT2D eigenvalue weighted by Crippen LogP contribution is 2.28. The second kappa shape index (κ2) is 7.76. The smallest absolute Gasteiger partial charge is 0.273 e. The van der Waals surface area contributed by atoms with Crippen LogP contribution in [0.4, 0.5) is 0 Å². The van der Waals surface area contributed by atoms with Gasteiger partial charge in [-0.25, -0.2) is 4.98 Å². The number of fused-ring (bicyclic) bond motifs is 1. The highest BCUT2D eigenvalue weighted by atomic mass is 16.5. The highest BCUT2D eigenvalue weighted by molar-refractivity contribution is 5.92. The molecule has 28 heavy (non-hydrogen) atoms. The van der Waals surface area contributed by atoms with E-state index >= 15 is 0 Å². The minimum Gasteiger partial charge on any atom is -0.493 e. The second-order valence-corrected chi connectivity index (χ2v) is 6.92. The summed E-state index contributed by atoms with van der Waals surface area (Å²) >= 11 is 0. The first-order chi connectivity index (χ1) is 13.6. The number of methoxy groups -OCH3 is 1. The van der Waals surface area contributed by atoms with Crippen molar-refractivity contribution >= 4 is 5.91 Å². The standard InChI is InChI=1S/C22H22N2O4/c1-14-7-8-19(20(9-14)26-2)27-13-21-24-18(12-28-21)22(25)23-17-10-15-5-3-4-6-16(15)11-17/h3-9,12,17H,10-11,13H2,1-2H3,(H,23,25). The Hall–Kier alpha value is -3.28. The van der Waals surface area contributed by atoms with Gasteiger partial charge in [0.05, 0.1) is 7.11 Å². The van der Waals surface area contributed by atoms with Crippen molar-refractivity contribution in [3.05, 3.63) is 77.0 Å². The van der Waals surface area contributed by atoms with Crippen molar-refractivity contribution in [1.82, 2.24) is 10.3 Å². The Morgan fingerprint density at radius 1 is 1.18 bits per heavy atom. The molecular formula is C22H22N2O4. The first-order valence-corrected chi connectivity index (χ1v) is 9.22. The first kappa shape index (κ1) is 18.1. The summed E-state index contributed by atoms with van der Waals surface area (Å²) in [5, 5.41) is 3.03. The van der Waals surface area contributed by atoms with Crippen molar-refractivity contribution in [3.8, 4) is 11.5 Å². The number of benzene rings is 2. The fourth-order valence-electron chi connectivity index (χ4n) is 3.44. The summed E-state index contributed by atoms with van der Waals surface area (Å²) in [4.78, 5) is 16.7. The van der Waals surface area contributed by atoms with E-state index in [2.05, 4.69) is 22.4 Å². The van der Waals surface area contributed by atoms with Crippen LogP contribution >= 0.6 is 0 Å². The van der Waals surface area contributed by atoms with Gasteiger partial charge in [0.1, 0.15) is 6.26 Å². The highest BCUT2D eigenvalue weighted by Gasteiger charge is 2.24. The third-order valence-corrected chi connectivity index (χ3v) is 4.84. The molecule has 0 spiro atoms. The monoisotopic (exact) mass is 378 g/mol. The number of ether oxygens (including phenoxy) is 2. The minimum atomic E-state index is -0.235. The van der Waals surface area contributed by atoms with Crippen molar-refractivity contribution in [2.45, 2.75) is 32.4 Å². The van der Waals surface area contributed by atoms with E-state index in [1.807, 2.05) is 37.3 Å². The molecule has 1 heterocycles. The average molecular weight is 378 g/mol. The lowest BCUT2D eigenvalue weighted by molar-refractivity contribution is 0.0933. The zero-order valence-corrected chi connectivity index (χ0v) is 15.9. The molecule has 0 bridgehead atoms. The summed E-state index contributed by atoms with van der Waals surface area (Å²) in [6, 6.07) is 14.0. The Bertz CT molecular complexity index is 971. The molecule has 0 atom stereocenters. The molecule has 0 unspecified atom stereocenters. The van der Waals surface area contributed by atoms with Gasteiger partial charge in [0.2, 0.25) is 5.89 Å². The van der Waals surface area contributed by atoms with E-state index < -0.39 is 0 Å². The number of oxazole rings is 1. The number of hydrogen-bond acceptors (Lipinski definition) is 5. The normalized spacial score (nSPS) is 13.2. The fraction of sp³-hybridized carbons (Fsp3) is 0.273. The molecular weight excluding hydrogens is 356 g/mol. The second-order valence-electron chi connectivity index (χ2n) is 6.92. The molecule has 0 saturated carbocycles. The van der Waals surface area contributed by atoms with Gasteiger partial charge in [0.15, 0.2) is 23.8 Å². The number of hydrogen-bond donors (Lipinski definition) is 1. The Morgan fingerprint density at radius 2 is 1.93 bits per heavy atom. The van der Waals surface area contributed by atoms with E-state index in [4.69, 9.17) is 13.9 Å². The van der Waals surface area contributed by atoms with Crippen LogP contribution in [0.2, 0.25) is 0 Å². The van der Waals surface area contributed by atoms with Gasteiger partial charge in [-0.15, -0.1) is 0 Å². The average Bonchev–Trinajstić information content (AvgIpc) is 3.33. The Kier molecular flexibility index (Phi) is 5.02. The third kappa shape index (κ3) is 3.86.